The van der Waals surface area contributed by atoms with Crippen LogP contribution in [0.1, 0.15) is 38.3 Å². The molecule has 0 aliphatic heterocycles. The van der Waals surface area contributed by atoms with Gasteiger partial charge in [0.2, 0.25) is 5.89 Å². The van der Waals surface area contributed by atoms with Crippen LogP contribution in [0.15, 0.2) is 55.0 Å². The van der Waals surface area contributed by atoms with E-state index in [1.165, 1.54) is 23.1 Å². The van der Waals surface area contributed by atoms with Gasteiger partial charge in [-0.25, -0.2) is 9.97 Å². The zero-order valence-electron chi connectivity index (χ0n) is 18.7. The quantitative estimate of drug-likeness (QED) is 0.317. The number of thiazole rings is 1. The number of amides is 2. The largest absolute Gasteiger partial charge is 0.453 e. The van der Waals surface area contributed by atoms with Gasteiger partial charge in [0, 0.05) is 23.7 Å². The predicted octanol–water partition coefficient (Wildman–Crippen LogP) is 4.75. The smallest absolute Gasteiger partial charge is 0.291 e. The molecule has 0 saturated heterocycles. The lowest BCUT2D eigenvalue weighted by atomic mass is 10.2. The molecule has 0 bridgehead atoms. The van der Waals surface area contributed by atoms with E-state index in [1.54, 1.807) is 55.8 Å². The van der Waals surface area contributed by atoms with Gasteiger partial charge in [0.05, 0.1) is 6.54 Å². The van der Waals surface area contributed by atoms with Gasteiger partial charge in [-0.15, -0.1) is 11.3 Å². The van der Waals surface area contributed by atoms with Crippen molar-refractivity contribution in [1.82, 2.24) is 15.3 Å². The van der Waals surface area contributed by atoms with Gasteiger partial charge in [0.1, 0.15) is 33.9 Å². The number of anilines is 1. The van der Waals surface area contributed by atoms with Gasteiger partial charge in [-0.05, 0) is 49.6 Å². The van der Waals surface area contributed by atoms with Gasteiger partial charge in [-0.1, -0.05) is 11.8 Å². The Labute approximate surface area is 203 Å². The molecular weight excluding hydrogens is 476 g/mol. The maximum atomic E-state index is 12.4. The summed E-state index contributed by atoms with van der Waals surface area (Å²) in [6.45, 7) is 2.32. The van der Waals surface area contributed by atoms with Gasteiger partial charge in [-0.3, -0.25) is 9.59 Å². The van der Waals surface area contributed by atoms with Crippen LogP contribution in [0.4, 0.5) is 5.69 Å². The van der Waals surface area contributed by atoms with Crippen LogP contribution in [-0.4, -0.2) is 35.1 Å². The number of furan rings is 1. The van der Waals surface area contributed by atoms with Crippen molar-refractivity contribution >= 4 is 40.6 Å². The summed E-state index contributed by atoms with van der Waals surface area (Å²) in [4.78, 5) is 33.4. The highest BCUT2D eigenvalue weighted by Crippen LogP contribution is 2.24. The van der Waals surface area contributed by atoms with E-state index in [4.69, 9.17) is 13.6 Å². The molecule has 0 radical (unpaired) electrons. The fourth-order valence-electron chi connectivity index (χ4n) is 3.03. The first-order valence-corrected chi connectivity index (χ1v) is 12.3. The molecule has 3 aromatic heterocycles. The number of ether oxygens (including phenoxy) is 1. The molecule has 0 saturated carbocycles. The third-order valence-corrected chi connectivity index (χ3v) is 6.62. The van der Waals surface area contributed by atoms with Crippen LogP contribution in [-0.2, 0) is 17.9 Å². The second-order valence-corrected chi connectivity index (χ2v) is 9.05. The summed E-state index contributed by atoms with van der Waals surface area (Å²) >= 11 is 2.93. The molecule has 0 spiro atoms. The second kappa shape index (κ2) is 10.7. The van der Waals surface area contributed by atoms with Gasteiger partial charge >= 0.3 is 0 Å². The third-order valence-electron chi connectivity index (χ3n) is 4.76. The lowest BCUT2D eigenvalue weighted by molar-refractivity contribution is 0.0944. The SMILES string of the molecule is COCc1ccc(C(=O)Nc2ccc(-c3nc(CNC(=O)c4csc(SC)n4)c(C)o3)cc2)o1. The highest BCUT2D eigenvalue weighted by atomic mass is 32.2. The maximum absolute atomic E-state index is 12.4. The van der Waals surface area contributed by atoms with Gasteiger partial charge in [0.25, 0.3) is 11.8 Å². The number of aryl methyl sites for hydroxylation is 1. The minimum absolute atomic E-state index is 0.202. The van der Waals surface area contributed by atoms with Crippen molar-refractivity contribution in [2.45, 2.75) is 24.4 Å². The first-order valence-electron chi connectivity index (χ1n) is 10.2. The van der Waals surface area contributed by atoms with Crippen molar-refractivity contribution in [3.63, 3.8) is 0 Å². The van der Waals surface area contributed by atoms with E-state index in [2.05, 4.69) is 20.6 Å². The summed E-state index contributed by atoms with van der Waals surface area (Å²) in [6.07, 6.45) is 1.92. The van der Waals surface area contributed by atoms with Crippen molar-refractivity contribution in [1.29, 1.82) is 0 Å². The van der Waals surface area contributed by atoms with Gasteiger partial charge in [0.15, 0.2) is 5.76 Å². The molecular formula is C23H22N4O5S2. The number of thioether (sulfide) groups is 1. The Morgan fingerprint density at radius 3 is 2.59 bits per heavy atom. The van der Waals surface area contributed by atoms with Crippen LogP contribution in [0.5, 0.6) is 0 Å². The molecule has 0 unspecified atom stereocenters. The van der Waals surface area contributed by atoms with Crippen molar-refractivity contribution in [2.24, 2.45) is 0 Å². The molecule has 2 amide bonds. The number of methoxy groups -OCH3 is 1. The minimum atomic E-state index is -0.357. The Balaban J connectivity index is 1.37. The summed E-state index contributed by atoms with van der Waals surface area (Å²) in [5.74, 6) is 1.20. The van der Waals surface area contributed by atoms with E-state index in [0.29, 0.717) is 41.1 Å². The summed E-state index contributed by atoms with van der Waals surface area (Å²) in [7, 11) is 1.56. The molecule has 176 valence electrons. The molecule has 0 fully saturated rings. The van der Waals surface area contributed by atoms with Crippen LogP contribution in [0.2, 0.25) is 0 Å². The molecule has 4 aromatic rings. The van der Waals surface area contributed by atoms with Crippen molar-refractivity contribution in [2.75, 3.05) is 18.7 Å². The highest BCUT2D eigenvalue weighted by Gasteiger charge is 2.16. The summed E-state index contributed by atoms with van der Waals surface area (Å²) in [5, 5.41) is 7.34. The number of benzene rings is 1. The van der Waals surface area contributed by atoms with Gasteiger partial charge < -0.3 is 24.2 Å². The molecule has 9 nitrogen and oxygen atoms in total. The third kappa shape index (κ3) is 5.56. The number of hydrogen-bond donors (Lipinski definition) is 2. The number of hydrogen-bond acceptors (Lipinski definition) is 9. The Morgan fingerprint density at radius 2 is 1.88 bits per heavy atom. The number of nitrogens with one attached hydrogen (secondary N) is 2. The van der Waals surface area contributed by atoms with E-state index in [1.807, 2.05) is 6.26 Å². The topological polar surface area (TPSA) is 119 Å². The Kier molecular flexibility index (Phi) is 7.46. The molecule has 0 aliphatic rings. The molecule has 2 N–H and O–H groups in total. The van der Waals surface area contributed by atoms with Crippen LogP contribution >= 0.6 is 23.1 Å². The van der Waals surface area contributed by atoms with Crippen LogP contribution in [0.25, 0.3) is 11.5 Å². The first-order chi connectivity index (χ1) is 16.5. The molecule has 0 atom stereocenters. The molecule has 1 aromatic carbocycles. The summed E-state index contributed by atoms with van der Waals surface area (Å²) in [5.41, 5.74) is 2.36. The molecule has 11 heteroatoms. The average Bonchev–Trinajstić information content (AvgIpc) is 3.58. The van der Waals surface area contributed by atoms with E-state index in [9.17, 15) is 9.59 Å². The maximum Gasteiger partial charge on any atom is 0.291 e. The fraction of sp³-hybridized carbons (Fsp3) is 0.217. The average molecular weight is 499 g/mol. The van der Waals surface area contributed by atoms with E-state index in [0.717, 1.165) is 9.90 Å². The lowest BCUT2D eigenvalue weighted by Crippen LogP contribution is -2.23. The highest BCUT2D eigenvalue weighted by molar-refractivity contribution is 8.00. The summed E-state index contributed by atoms with van der Waals surface area (Å²) in [6, 6.07) is 10.4. The molecule has 0 aliphatic carbocycles. The molecule has 4 rings (SSSR count). The zero-order valence-corrected chi connectivity index (χ0v) is 20.3. The number of nitrogens with zero attached hydrogens (tertiary/aromatic N) is 2. The standard InChI is InChI=1S/C23H22N4O5S2/c1-13-17(10-24-20(28)18-12-34-23(27-18)33-3)26-22(31-13)14-4-6-15(7-5-14)25-21(29)19-9-8-16(32-19)11-30-2/h4-9,12H,10-11H2,1-3H3,(H,24,28)(H,25,29). The van der Waals surface area contributed by atoms with Crippen molar-refractivity contribution in [3.8, 4) is 11.5 Å². The van der Waals surface area contributed by atoms with Crippen LogP contribution in [0, 0.1) is 6.92 Å². The lowest BCUT2D eigenvalue weighted by Gasteiger charge is -2.04. The molecule has 34 heavy (non-hydrogen) atoms. The van der Waals surface area contributed by atoms with Crippen LogP contribution < -0.4 is 10.6 Å². The zero-order chi connectivity index (χ0) is 24.1. The first kappa shape index (κ1) is 23.7. The fourth-order valence-corrected chi connectivity index (χ4v) is 4.28. The predicted molar refractivity (Wildman–Crippen MR) is 129 cm³/mol. The second-order valence-electron chi connectivity index (χ2n) is 7.14. The number of rotatable bonds is 9. The van der Waals surface area contributed by atoms with Gasteiger partial charge in [-0.2, -0.15) is 0 Å². The number of oxazole rings is 1. The summed E-state index contributed by atoms with van der Waals surface area (Å²) < 4.78 is 17.1. The van der Waals surface area contributed by atoms with E-state index < -0.39 is 0 Å². The molecule has 3 heterocycles. The van der Waals surface area contributed by atoms with Crippen molar-refractivity contribution < 1.29 is 23.2 Å². The van der Waals surface area contributed by atoms with Crippen molar-refractivity contribution in [3.05, 3.63) is 70.4 Å². The Bertz CT molecular complexity index is 1290. The normalized spacial score (nSPS) is 10.9. The van der Waals surface area contributed by atoms with E-state index in [-0.39, 0.29) is 24.1 Å². The minimum Gasteiger partial charge on any atom is -0.453 e. The van der Waals surface area contributed by atoms with Crippen LogP contribution in [0.3, 0.4) is 0 Å². The number of aromatic nitrogens is 2. The number of carbonyl (C=O) groups excluding carboxylic acids is 2. The Morgan fingerprint density at radius 1 is 1.09 bits per heavy atom. The van der Waals surface area contributed by atoms with E-state index >= 15 is 0 Å². The monoisotopic (exact) mass is 498 g/mol. The Hall–Kier alpha value is -3.41. The number of carbonyl (C=O) groups is 2.